The second kappa shape index (κ2) is 5.63. The van der Waals surface area contributed by atoms with Gasteiger partial charge in [0.25, 0.3) is 0 Å². The molecule has 0 heterocycles. The van der Waals surface area contributed by atoms with E-state index in [-0.39, 0.29) is 5.54 Å². The minimum atomic E-state index is 0.246. The molecule has 0 amide bonds. The molecule has 1 saturated carbocycles. The maximum atomic E-state index is 9.17. The van der Waals surface area contributed by atoms with Gasteiger partial charge in [-0.2, -0.15) is 5.26 Å². The molecule has 1 aromatic rings. The number of nitriles is 1. The zero-order valence-electron chi connectivity index (χ0n) is 12.2. The fraction of sp³-hybridized carbons (Fsp3) is 0.562. The topological polar surface area (TPSA) is 39.1 Å². The van der Waals surface area contributed by atoms with Crippen molar-refractivity contribution >= 4 is 5.69 Å². The third-order valence-corrected chi connectivity index (χ3v) is 4.39. The number of nitrogens with zero attached hydrogens (tertiary/aromatic N) is 2. The van der Waals surface area contributed by atoms with E-state index in [0.717, 1.165) is 17.8 Å². The van der Waals surface area contributed by atoms with E-state index >= 15 is 0 Å². The van der Waals surface area contributed by atoms with Crippen molar-refractivity contribution in [3.8, 4) is 6.07 Å². The second-order valence-corrected chi connectivity index (χ2v) is 5.84. The highest BCUT2D eigenvalue weighted by molar-refractivity contribution is 5.59. The van der Waals surface area contributed by atoms with Crippen LogP contribution in [0.4, 0.5) is 5.69 Å². The van der Waals surface area contributed by atoms with E-state index in [0.29, 0.717) is 0 Å². The molecule has 0 aliphatic heterocycles. The van der Waals surface area contributed by atoms with Crippen molar-refractivity contribution in [3.63, 3.8) is 0 Å². The van der Waals surface area contributed by atoms with Crippen molar-refractivity contribution in [2.24, 2.45) is 0 Å². The number of benzene rings is 1. The van der Waals surface area contributed by atoms with Gasteiger partial charge in [-0.3, -0.25) is 0 Å². The highest BCUT2D eigenvalue weighted by Crippen LogP contribution is 2.34. The lowest BCUT2D eigenvalue weighted by Crippen LogP contribution is -2.47. The summed E-state index contributed by atoms with van der Waals surface area (Å²) < 4.78 is 0. The van der Waals surface area contributed by atoms with E-state index in [1.807, 2.05) is 12.1 Å². The van der Waals surface area contributed by atoms with E-state index in [1.54, 1.807) is 0 Å². The van der Waals surface area contributed by atoms with E-state index in [2.05, 4.69) is 43.4 Å². The molecule has 1 aromatic carbocycles. The van der Waals surface area contributed by atoms with Gasteiger partial charge in [-0.1, -0.05) is 18.9 Å². The van der Waals surface area contributed by atoms with Crippen LogP contribution in [0, 0.1) is 18.3 Å². The maximum Gasteiger partial charge on any atom is 0.101 e. The molecule has 3 heteroatoms. The van der Waals surface area contributed by atoms with Crippen LogP contribution in [-0.4, -0.2) is 31.1 Å². The second-order valence-electron chi connectivity index (χ2n) is 5.84. The van der Waals surface area contributed by atoms with Gasteiger partial charge < -0.3 is 10.2 Å². The third kappa shape index (κ3) is 2.90. The van der Waals surface area contributed by atoms with Crippen LogP contribution in [0.1, 0.15) is 36.8 Å². The Hall–Kier alpha value is -1.53. The fourth-order valence-corrected chi connectivity index (χ4v) is 2.98. The average Bonchev–Trinajstić information content (AvgIpc) is 2.86. The number of hydrogen-bond donors (Lipinski definition) is 1. The molecule has 0 atom stereocenters. The van der Waals surface area contributed by atoms with Gasteiger partial charge in [0.2, 0.25) is 0 Å². The molecule has 1 fully saturated rings. The molecule has 102 valence electrons. The summed E-state index contributed by atoms with van der Waals surface area (Å²) in [5.41, 5.74) is 3.14. The SMILES string of the molecule is Cc1ccc(C#N)c(NCC2(N(C)C)CCCC2)c1. The van der Waals surface area contributed by atoms with Gasteiger partial charge in [0.1, 0.15) is 6.07 Å². The van der Waals surface area contributed by atoms with Crippen LogP contribution in [-0.2, 0) is 0 Å². The van der Waals surface area contributed by atoms with Crippen LogP contribution in [0.25, 0.3) is 0 Å². The highest BCUT2D eigenvalue weighted by Gasteiger charge is 2.35. The summed E-state index contributed by atoms with van der Waals surface area (Å²) >= 11 is 0. The first-order valence-electron chi connectivity index (χ1n) is 6.99. The predicted octanol–water partition coefficient (Wildman–Crippen LogP) is 3.15. The van der Waals surface area contributed by atoms with Gasteiger partial charge in [-0.05, 0) is 51.6 Å². The third-order valence-electron chi connectivity index (χ3n) is 4.39. The Kier molecular flexibility index (Phi) is 4.11. The van der Waals surface area contributed by atoms with Crippen molar-refractivity contribution in [2.45, 2.75) is 38.1 Å². The van der Waals surface area contributed by atoms with Gasteiger partial charge in [0.15, 0.2) is 0 Å². The minimum absolute atomic E-state index is 0.246. The molecule has 0 bridgehead atoms. The Morgan fingerprint density at radius 1 is 1.32 bits per heavy atom. The van der Waals surface area contributed by atoms with Crippen molar-refractivity contribution in [2.75, 3.05) is 26.0 Å². The zero-order valence-corrected chi connectivity index (χ0v) is 12.2. The zero-order chi connectivity index (χ0) is 13.9. The van der Waals surface area contributed by atoms with Crippen LogP contribution in [0.2, 0.25) is 0 Å². The van der Waals surface area contributed by atoms with Gasteiger partial charge >= 0.3 is 0 Å². The Balaban J connectivity index is 2.14. The summed E-state index contributed by atoms with van der Waals surface area (Å²) in [6.07, 6.45) is 5.08. The molecule has 0 saturated heterocycles. The predicted molar refractivity (Wildman–Crippen MR) is 79.3 cm³/mol. The molecular formula is C16H23N3. The van der Waals surface area contributed by atoms with Crippen LogP contribution < -0.4 is 5.32 Å². The van der Waals surface area contributed by atoms with Crippen LogP contribution in [0.5, 0.6) is 0 Å². The van der Waals surface area contributed by atoms with Gasteiger partial charge in [0, 0.05) is 12.1 Å². The fourth-order valence-electron chi connectivity index (χ4n) is 2.98. The molecule has 0 radical (unpaired) electrons. The Morgan fingerprint density at radius 3 is 2.58 bits per heavy atom. The quantitative estimate of drug-likeness (QED) is 0.900. The van der Waals surface area contributed by atoms with Gasteiger partial charge in [-0.15, -0.1) is 0 Å². The number of likely N-dealkylation sites (N-methyl/N-ethyl adjacent to an activating group) is 1. The first-order chi connectivity index (χ1) is 9.07. The summed E-state index contributed by atoms with van der Waals surface area (Å²) in [6, 6.07) is 8.21. The van der Waals surface area contributed by atoms with Crippen molar-refractivity contribution in [1.82, 2.24) is 4.90 Å². The van der Waals surface area contributed by atoms with Crippen LogP contribution in [0.15, 0.2) is 18.2 Å². The Bertz CT molecular complexity index is 479. The van der Waals surface area contributed by atoms with E-state index < -0.39 is 0 Å². The summed E-state index contributed by atoms with van der Waals surface area (Å²) in [6.45, 7) is 2.97. The standard InChI is InChI=1S/C16H23N3/c1-13-6-7-14(11-17)15(10-13)18-12-16(19(2)3)8-4-5-9-16/h6-7,10,18H,4-5,8-9,12H2,1-3H3. The lowest BCUT2D eigenvalue weighted by atomic mass is 9.95. The molecule has 0 aromatic heterocycles. The molecule has 0 unspecified atom stereocenters. The molecular weight excluding hydrogens is 234 g/mol. The molecule has 1 aliphatic rings. The first-order valence-corrected chi connectivity index (χ1v) is 6.99. The molecule has 19 heavy (non-hydrogen) atoms. The Labute approximate surface area is 116 Å². The Morgan fingerprint density at radius 2 is 2.00 bits per heavy atom. The normalized spacial score (nSPS) is 17.4. The lowest BCUT2D eigenvalue weighted by Gasteiger charge is -2.37. The minimum Gasteiger partial charge on any atom is -0.382 e. The summed E-state index contributed by atoms with van der Waals surface area (Å²) in [5.74, 6) is 0. The molecule has 1 aliphatic carbocycles. The number of nitrogens with one attached hydrogen (secondary N) is 1. The summed E-state index contributed by atoms with van der Waals surface area (Å²) in [5, 5.41) is 12.7. The molecule has 2 rings (SSSR count). The molecule has 1 N–H and O–H groups in total. The van der Waals surface area contributed by atoms with E-state index in [1.165, 1.54) is 31.2 Å². The summed E-state index contributed by atoms with van der Waals surface area (Å²) in [4.78, 5) is 2.34. The number of anilines is 1. The maximum absolute atomic E-state index is 9.17. The molecule has 3 nitrogen and oxygen atoms in total. The van der Waals surface area contributed by atoms with Gasteiger partial charge in [-0.25, -0.2) is 0 Å². The summed E-state index contributed by atoms with van der Waals surface area (Å²) in [7, 11) is 4.32. The number of rotatable bonds is 4. The van der Waals surface area contributed by atoms with Gasteiger partial charge in [0.05, 0.1) is 11.3 Å². The lowest BCUT2D eigenvalue weighted by molar-refractivity contribution is 0.172. The van der Waals surface area contributed by atoms with Crippen molar-refractivity contribution in [3.05, 3.63) is 29.3 Å². The van der Waals surface area contributed by atoms with Crippen molar-refractivity contribution < 1.29 is 0 Å². The van der Waals surface area contributed by atoms with Crippen molar-refractivity contribution in [1.29, 1.82) is 5.26 Å². The monoisotopic (exact) mass is 257 g/mol. The van der Waals surface area contributed by atoms with E-state index in [4.69, 9.17) is 0 Å². The largest absolute Gasteiger partial charge is 0.382 e. The number of aryl methyl sites for hydroxylation is 1. The van der Waals surface area contributed by atoms with E-state index in [9.17, 15) is 5.26 Å². The highest BCUT2D eigenvalue weighted by atomic mass is 15.2. The van der Waals surface area contributed by atoms with Crippen LogP contribution >= 0.6 is 0 Å². The first kappa shape index (κ1) is 13.9. The smallest absolute Gasteiger partial charge is 0.101 e. The molecule has 0 spiro atoms. The number of hydrogen-bond acceptors (Lipinski definition) is 3. The van der Waals surface area contributed by atoms with Crippen LogP contribution in [0.3, 0.4) is 0 Å². The average molecular weight is 257 g/mol.